The van der Waals surface area contributed by atoms with Crippen LogP contribution in [-0.4, -0.2) is 35.9 Å². The van der Waals surface area contributed by atoms with Crippen LogP contribution in [0.2, 0.25) is 0 Å². The Morgan fingerprint density at radius 3 is 2.68 bits per heavy atom. The molecule has 3 N–H and O–H groups in total. The second-order valence-electron chi connectivity index (χ2n) is 9.50. The van der Waals surface area contributed by atoms with E-state index in [-0.39, 0.29) is 11.9 Å². The fourth-order valence-corrected chi connectivity index (χ4v) is 4.76. The van der Waals surface area contributed by atoms with Crippen molar-refractivity contribution in [1.82, 2.24) is 4.98 Å². The Balaban J connectivity index is 1.52. The molecule has 3 aromatic rings. The summed E-state index contributed by atoms with van der Waals surface area (Å²) in [6, 6.07) is 9.51. The number of aromatic nitrogens is 1. The van der Waals surface area contributed by atoms with E-state index in [1.807, 2.05) is 51.1 Å². The number of ketones is 1. The van der Waals surface area contributed by atoms with Crippen molar-refractivity contribution in [2.24, 2.45) is 0 Å². The Morgan fingerprint density at radius 2 is 1.97 bits per heavy atom. The van der Waals surface area contributed by atoms with Gasteiger partial charge in [-0.05, 0) is 56.2 Å². The van der Waals surface area contributed by atoms with Crippen LogP contribution in [0.1, 0.15) is 60.4 Å². The molecule has 6 nitrogen and oxygen atoms in total. The fourth-order valence-electron chi connectivity index (χ4n) is 4.76. The molecule has 0 radical (unpaired) electrons. The van der Waals surface area contributed by atoms with Gasteiger partial charge in [-0.15, -0.1) is 0 Å². The summed E-state index contributed by atoms with van der Waals surface area (Å²) < 4.78 is 17.4. The highest BCUT2D eigenvalue weighted by Gasteiger charge is 2.40. The van der Waals surface area contributed by atoms with Gasteiger partial charge in [-0.3, -0.25) is 4.79 Å². The average Bonchev–Trinajstić information content (AvgIpc) is 3.28. The minimum absolute atomic E-state index is 0.0283. The van der Waals surface area contributed by atoms with Gasteiger partial charge in [-0.25, -0.2) is 0 Å². The molecule has 2 heterocycles. The maximum absolute atomic E-state index is 13.5. The molecule has 0 saturated carbocycles. The molecule has 1 saturated heterocycles. The minimum Gasteiger partial charge on any atom is -0.491 e. The van der Waals surface area contributed by atoms with Crippen molar-refractivity contribution in [1.29, 1.82) is 0 Å². The topological polar surface area (TPSA) is 86.6 Å². The number of nitrogens with two attached hydrogens (primary N) is 1. The zero-order chi connectivity index (χ0) is 22.1. The van der Waals surface area contributed by atoms with E-state index in [0.717, 1.165) is 33.3 Å². The standard InChI is InChI=1S/C25H28N2O4/c1-13-19(26)9-8-17-20-22(28)16-7-6-14(29-11-15-12-30-25(4,5)31-15)10-18(16)24(2,3)23(20)27-21(13)17/h6-10,15,27H,11-12,26H2,1-5H3/t15-/m0/s1. The quantitative estimate of drug-likeness (QED) is 0.611. The van der Waals surface area contributed by atoms with Crippen LogP contribution in [0.3, 0.4) is 0 Å². The molecule has 6 heteroatoms. The molecule has 31 heavy (non-hydrogen) atoms. The Bertz CT molecular complexity index is 1220. The molecular weight excluding hydrogens is 392 g/mol. The first-order chi connectivity index (χ1) is 14.6. The van der Waals surface area contributed by atoms with Crippen molar-refractivity contribution >= 4 is 22.4 Å². The number of anilines is 1. The van der Waals surface area contributed by atoms with Crippen molar-refractivity contribution in [2.45, 2.75) is 51.9 Å². The van der Waals surface area contributed by atoms with Crippen molar-refractivity contribution < 1.29 is 19.0 Å². The van der Waals surface area contributed by atoms with Gasteiger partial charge in [0, 0.05) is 27.7 Å². The molecule has 0 bridgehead atoms. The van der Waals surface area contributed by atoms with Crippen LogP contribution in [0.5, 0.6) is 5.75 Å². The number of carbonyl (C=O) groups excluding carboxylic acids is 1. The molecule has 0 amide bonds. The summed E-state index contributed by atoms with van der Waals surface area (Å²) in [5.41, 5.74) is 11.6. The monoisotopic (exact) mass is 420 g/mol. The zero-order valence-electron chi connectivity index (χ0n) is 18.6. The molecule has 0 spiro atoms. The molecule has 0 unspecified atom stereocenters. The lowest BCUT2D eigenvalue weighted by Gasteiger charge is -2.32. The summed E-state index contributed by atoms with van der Waals surface area (Å²) in [6.45, 7) is 10.9. The highest BCUT2D eigenvalue weighted by atomic mass is 16.7. The van der Waals surface area contributed by atoms with Gasteiger partial charge < -0.3 is 24.9 Å². The first-order valence-corrected chi connectivity index (χ1v) is 10.6. The van der Waals surface area contributed by atoms with E-state index in [2.05, 4.69) is 18.8 Å². The molecule has 1 fully saturated rings. The van der Waals surface area contributed by atoms with E-state index >= 15 is 0 Å². The molecule has 2 aromatic carbocycles. The van der Waals surface area contributed by atoms with E-state index in [9.17, 15) is 4.79 Å². The maximum atomic E-state index is 13.5. The smallest absolute Gasteiger partial charge is 0.195 e. The van der Waals surface area contributed by atoms with Gasteiger partial charge in [-0.1, -0.05) is 19.9 Å². The Morgan fingerprint density at radius 1 is 1.19 bits per heavy atom. The summed E-state index contributed by atoms with van der Waals surface area (Å²) >= 11 is 0. The summed E-state index contributed by atoms with van der Waals surface area (Å²) in [6.07, 6.45) is -0.116. The van der Waals surface area contributed by atoms with Crippen molar-refractivity contribution in [3.05, 3.63) is 58.3 Å². The van der Waals surface area contributed by atoms with E-state index in [1.165, 1.54) is 0 Å². The lowest BCUT2D eigenvalue weighted by atomic mass is 9.71. The number of aryl methyl sites for hydroxylation is 1. The summed E-state index contributed by atoms with van der Waals surface area (Å²) in [7, 11) is 0. The third kappa shape index (κ3) is 3.05. The predicted octanol–water partition coefficient (Wildman–Crippen LogP) is 4.46. The molecular formula is C25H28N2O4. The van der Waals surface area contributed by atoms with Gasteiger partial charge in [-0.2, -0.15) is 0 Å². The second-order valence-corrected chi connectivity index (χ2v) is 9.50. The number of nitrogen functional groups attached to an aromatic ring is 1. The number of fused-ring (bicyclic) bond motifs is 4. The number of nitrogens with one attached hydrogen (secondary N) is 1. The molecule has 162 valence electrons. The van der Waals surface area contributed by atoms with E-state index in [1.54, 1.807) is 0 Å². The lowest BCUT2D eigenvalue weighted by Crippen LogP contribution is -2.30. The molecule has 1 aliphatic heterocycles. The number of H-pyrrole nitrogens is 1. The van der Waals surface area contributed by atoms with E-state index in [0.29, 0.717) is 30.2 Å². The maximum Gasteiger partial charge on any atom is 0.195 e. The second kappa shape index (κ2) is 6.58. The molecule has 1 atom stereocenters. The predicted molar refractivity (Wildman–Crippen MR) is 120 cm³/mol. The van der Waals surface area contributed by atoms with Gasteiger partial charge >= 0.3 is 0 Å². The molecule has 2 aliphatic rings. The number of benzene rings is 2. The van der Waals surface area contributed by atoms with Crippen LogP contribution in [0.15, 0.2) is 30.3 Å². The third-order valence-corrected chi connectivity index (χ3v) is 6.54. The minimum atomic E-state index is -0.578. The zero-order valence-corrected chi connectivity index (χ0v) is 18.6. The Hall–Kier alpha value is -2.83. The van der Waals surface area contributed by atoms with Crippen LogP contribution in [0.25, 0.3) is 10.9 Å². The Kier molecular flexibility index (Phi) is 4.27. The van der Waals surface area contributed by atoms with E-state index in [4.69, 9.17) is 19.9 Å². The van der Waals surface area contributed by atoms with Crippen LogP contribution < -0.4 is 10.5 Å². The third-order valence-electron chi connectivity index (χ3n) is 6.54. The Labute approximate surface area is 181 Å². The highest BCUT2D eigenvalue weighted by molar-refractivity contribution is 6.20. The summed E-state index contributed by atoms with van der Waals surface area (Å²) in [5, 5.41) is 0.923. The van der Waals surface area contributed by atoms with Gasteiger partial charge in [0.25, 0.3) is 0 Å². The van der Waals surface area contributed by atoms with Crippen molar-refractivity contribution in [2.75, 3.05) is 18.9 Å². The van der Waals surface area contributed by atoms with Crippen molar-refractivity contribution in [3.8, 4) is 5.75 Å². The number of hydrogen-bond donors (Lipinski definition) is 2. The fraction of sp³-hybridized carbons (Fsp3) is 0.400. The van der Waals surface area contributed by atoms with Gasteiger partial charge in [0.1, 0.15) is 18.5 Å². The van der Waals surface area contributed by atoms with Crippen molar-refractivity contribution in [3.63, 3.8) is 0 Å². The normalized spacial score (nSPS) is 21.2. The number of rotatable bonds is 3. The van der Waals surface area contributed by atoms with Crippen LogP contribution in [-0.2, 0) is 14.9 Å². The SMILES string of the molecule is Cc1c(N)ccc2c3c([nH]c12)C(C)(C)c1cc(OC[C@H]2COC(C)(C)O2)ccc1C3=O. The number of hydrogen-bond acceptors (Lipinski definition) is 5. The summed E-state index contributed by atoms with van der Waals surface area (Å²) in [5.74, 6) is 0.166. The number of aromatic amines is 1. The van der Waals surface area contributed by atoms with Gasteiger partial charge in [0.2, 0.25) is 0 Å². The summed E-state index contributed by atoms with van der Waals surface area (Å²) in [4.78, 5) is 17.0. The average molecular weight is 421 g/mol. The largest absolute Gasteiger partial charge is 0.491 e. The first kappa shape index (κ1) is 20.1. The van der Waals surface area contributed by atoms with Crippen LogP contribution in [0, 0.1) is 6.92 Å². The number of carbonyl (C=O) groups is 1. The lowest BCUT2D eigenvalue weighted by molar-refractivity contribution is -0.141. The van der Waals surface area contributed by atoms with E-state index < -0.39 is 11.2 Å². The first-order valence-electron chi connectivity index (χ1n) is 10.6. The molecule has 1 aliphatic carbocycles. The highest BCUT2D eigenvalue weighted by Crippen LogP contribution is 2.45. The number of ether oxygens (including phenoxy) is 3. The van der Waals surface area contributed by atoms with Gasteiger partial charge in [0.05, 0.1) is 17.7 Å². The van der Waals surface area contributed by atoms with Gasteiger partial charge in [0.15, 0.2) is 11.6 Å². The van der Waals surface area contributed by atoms with Crippen LogP contribution >= 0.6 is 0 Å². The molecule has 1 aromatic heterocycles. The van der Waals surface area contributed by atoms with Crippen LogP contribution in [0.4, 0.5) is 5.69 Å². The molecule has 5 rings (SSSR count).